The summed E-state index contributed by atoms with van der Waals surface area (Å²) in [6.45, 7) is 0.640. The van der Waals surface area contributed by atoms with Crippen LogP contribution in [0, 0.1) is 0 Å². The summed E-state index contributed by atoms with van der Waals surface area (Å²) in [6, 6.07) is 18.1. The fourth-order valence-corrected chi connectivity index (χ4v) is 2.66. The standard InChI is InChI=1S/C18H18N4OS/c19-17-13-24-18(21-17)22-20-12-15-7-4-8-16(11-15)23-10-9-14-5-2-1-3-6-14/h1-8,11-13H,9-10,19H2,(H,21,22). The van der Waals surface area contributed by atoms with E-state index in [0.29, 0.717) is 17.6 Å². The first-order valence-electron chi connectivity index (χ1n) is 7.56. The number of rotatable bonds is 7. The molecule has 3 rings (SSSR count). The maximum Gasteiger partial charge on any atom is 0.205 e. The smallest absolute Gasteiger partial charge is 0.205 e. The number of hydrogen-bond donors (Lipinski definition) is 2. The Morgan fingerprint density at radius 1 is 1.17 bits per heavy atom. The van der Waals surface area contributed by atoms with Gasteiger partial charge in [0.15, 0.2) is 0 Å². The second-order valence-corrected chi connectivity index (χ2v) is 5.96. The molecule has 2 aromatic carbocycles. The molecule has 0 aliphatic heterocycles. The molecule has 0 bridgehead atoms. The Kier molecular flexibility index (Phi) is 5.42. The number of nitrogens with one attached hydrogen (secondary N) is 1. The molecule has 6 heteroatoms. The van der Waals surface area contributed by atoms with Gasteiger partial charge in [0.1, 0.15) is 11.6 Å². The predicted molar refractivity (Wildman–Crippen MR) is 99.8 cm³/mol. The zero-order valence-electron chi connectivity index (χ0n) is 13.1. The van der Waals surface area contributed by atoms with Gasteiger partial charge >= 0.3 is 0 Å². The molecular formula is C18H18N4OS. The number of nitrogens with zero attached hydrogens (tertiary/aromatic N) is 2. The van der Waals surface area contributed by atoms with Crippen molar-refractivity contribution in [1.29, 1.82) is 0 Å². The quantitative estimate of drug-likeness (QED) is 0.508. The van der Waals surface area contributed by atoms with Gasteiger partial charge in [0, 0.05) is 11.8 Å². The lowest BCUT2D eigenvalue weighted by molar-refractivity contribution is 0.322. The highest BCUT2D eigenvalue weighted by Gasteiger charge is 1.98. The van der Waals surface area contributed by atoms with E-state index in [1.165, 1.54) is 16.9 Å². The number of ether oxygens (including phenoxy) is 1. The van der Waals surface area contributed by atoms with Gasteiger partial charge in [-0.2, -0.15) is 5.10 Å². The molecule has 0 amide bonds. The number of hydrazone groups is 1. The molecule has 0 saturated carbocycles. The summed E-state index contributed by atoms with van der Waals surface area (Å²) in [4.78, 5) is 4.08. The molecular weight excluding hydrogens is 320 g/mol. The molecule has 3 aromatic rings. The van der Waals surface area contributed by atoms with Gasteiger partial charge in [0.25, 0.3) is 0 Å². The van der Waals surface area contributed by atoms with Gasteiger partial charge < -0.3 is 10.5 Å². The molecule has 0 fully saturated rings. The lowest BCUT2D eigenvalue weighted by atomic mass is 10.2. The third-order valence-corrected chi connectivity index (χ3v) is 4.02. The number of benzene rings is 2. The van der Waals surface area contributed by atoms with E-state index in [-0.39, 0.29) is 0 Å². The van der Waals surface area contributed by atoms with Gasteiger partial charge in [-0.05, 0) is 23.3 Å². The van der Waals surface area contributed by atoms with Crippen LogP contribution in [-0.4, -0.2) is 17.8 Å². The number of hydrogen-bond acceptors (Lipinski definition) is 6. The van der Waals surface area contributed by atoms with Crippen molar-refractivity contribution in [2.24, 2.45) is 5.10 Å². The molecule has 0 saturated heterocycles. The molecule has 122 valence electrons. The summed E-state index contributed by atoms with van der Waals surface area (Å²) < 4.78 is 5.81. The van der Waals surface area contributed by atoms with Crippen LogP contribution in [0.3, 0.4) is 0 Å². The molecule has 0 aliphatic rings. The van der Waals surface area contributed by atoms with Gasteiger partial charge in [-0.3, -0.25) is 5.43 Å². The van der Waals surface area contributed by atoms with Crippen LogP contribution in [0.4, 0.5) is 10.9 Å². The van der Waals surface area contributed by atoms with E-state index in [0.717, 1.165) is 17.7 Å². The average molecular weight is 338 g/mol. The number of thiazole rings is 1. The minimum Gasteiger partial charge on any atom is -0.493 e. The van der Waals surface area contributed by atoms with Crippen molar-refractivity contribution in [3.05, 3.63) is 71.1 Å². The van der Waals surface area contributed by atoms with E-state index < -0.39 is 0 Å². The molecule has 3 N–H and O–H groups in total. The summed E-state index contributed by atoms with van der Waals surface area (Å²) in [6.07, 6.45) is 2.60. The van der Waals surface area contributed by atoms with Crippen LogP contribution in [0.1, 0.15) is 11.1 Å². The number of aromatic nitrogens is 1. The van der Waals surface area contributed by atoms with Crippen molar-refractivity contribution < 1.29 is 4.74 Å². The number of nitrogen functional groups attached to an aromatic ring is 1. The van der Waals surface area contributed by atoms with Gasteiger partial charge in [-0.15, -0.1) is 11.3 Å². The van der Waals surface area contributed by atoms with Crippen LogP contribution in [0.25, 0.3) is 0 Å². The topological polar surface area (TPSA) is 72.5 Å². The van der Waals surface area contributed by atoms with E-state index in [4.69, 9.17) is 10.5 Å². The van der Waals surface area contributed by atoms with E-state index >= 15 is 0 Å². The van der Waals surface area contributed by atoms with Gasteiger partial charge in [0.05, 0.1) is 12.8 Å². The molecule has 24 heavy (non-hydrogen) atoms. The minimum absolute atomic E-state index is 0.492. The summed E-state index contributed by atoms with van der Waals surface area (Å²) >= 11 is 1.41. The SMILES string of the molecule is Nc1csc(NN=Cc2cccc(OCCc3ccccc3)c2)n1. The summed E-state index contributed by atoms with van der Waals surface area (Å²) in [5, 5.41) is 6.58. The van der Waals surface area contributed by atoms with E-state index in [1.54, 1.807) is 11.6 Å². The van der Waals surface area contributed by atoms with Crippen molar-refractivity contribution >= 4 is 28.5 Å². The lowest BCUT2D eigenvalue weighted by Crippen LogP contribution is -2.01. The van der Waals surface area contributed by atoms with Gasteiger partial charge in [-0.25, -0.2) is 4.98 Å². The molecule has 0 unspecified atom stereocenters. The van der Waals surface area contributed by atoms with Gasteiger partial charge in [0.2, 0.25) is 5.13 Å². The third kappa shape index (κ3) is 4.82. The maximum absolute atomic E-state index is 5.81. The Hall–Kier alpha value is -2.86. The highest BCUT2D eigenvalue weighted by molar-refractivity contribution is 7.14. The van der Waals surface area contributed by atoms with Crippen LogP contribution >= 0.6 is 11.3 Å². The van der Waals surface area contributed by atoms with Crippen LogP contribution in [0.15, 0.2) is 65.1 Å². The Labute approximate surface area is 144 Å². The summed E-state index contributed by atoms with van der Waals surface area (Å²) in [7, 11) is 0. The Morgan fingerprint density at radius 2 is 2.04 bits per heavy atom. The molecule has 5 nitrogen and oxygen atoms in total. The molecule has 1 heterocycles. The molecule has 0 radical (unpaired) electrons. The van der Waals surface area contributed by atoms with Crippen LogP contribution in [-0.2, 0) is 6.42 Å². The van der Waals surface area contributed by atoms with Crippen LogP contribution in [0.5, 0.6) is 5.75 Å². The summed E-state index contributed by atoms with van der Waals surface area (Å²) in [5.74, 6) is 1.32. The summed E-state index contributed by atoms with van der Waals surface area (Å²) in [5.41, 5.74) is 10.6. The molecule has 0 spiro atoms. The minimum atomic E-state index is 0.492. The zero-order valence-corrected chi connectivity index (χ0v) is 13.9. The highest BCUT2D eigenvalue weighted by atomic mass is 32.1. The number of nitrogens with two attached hydrogens (primary N) is 1. The normalized spacial score (nSPS) is 10.8. The zero-order chi connectivity index (χ0) is 16.6. The molecule has 0 aliphatic carbocycles. The number of anilines is 2. The maximum atomic E-state index is 5.81. The Bertz CT molecular complexity index is 802. The first-order chi connectivity index (χ1) is 11.8. The van der Waals surface area contributed by atoms with Crippen molar-refractivity contribution in [2.75, 3.05) is 17.8 Å². The lowest BCUT2D eigenvalue weighted by Gasteiger charge is -2.06. The first-order valence-corrected chi connectivity index (χ1v) is 8.44. The average Bonchev–Trinajstić information content (AvgIpc) is 3.02. The van der Waals surface area contributed by atoms with Crippen LogP contribution < -0.4 is 15.9 Å². The largest absolute Gasteiger partial charge is 0.493 e. The van der Waals surface area contributed by atoms with E-state index in [9.17, 15) is 0 Å². The highest BCUT2D eigenvalue weighted by Crippen LogP contribution is 2.16. The van der Waals surface area contributed by atoms with Crippen molar-refractivity contribution in [3.8, 4) is 5.75 Å². The van der Waals surface area contributed by atoms with Gasteiger partial charge in [-0.1, -0.05) is 42.5 Å². The fourth-order valence-electron chi connectivity index (χ4n) is 2.12. The van der Waals surface area contributed by atoms with Crippen molar-refractivity contribution in [1.82, 2.24) is 4.98 Å². The van der Waals surface area contributed by atoms with Crippen molar-refractivity contribution in [2.45, 2.75) is 6.42 Å². The molecule has 0 atom stereocenters. The predicted octanol–water partition coefficient (Wildman–Crippen LogP) is 3.79. The van der Waals surface area contributed by atoms with E-state index in [2.05, 4.69) is 27.6 Å². The third-order valence-electron chi connectivity index (χ3n) is 3.26. The van der Waals surface area contributed by atoms with E-state index in [1.807, 2.05) is 42.5 Å². The monoisotopic (exact) mass is 338 g/mol. The van der Waals surface area contributed by atoms with Crippen molar-refractivity contribution in [3.63, 3.8) is 0 Å². The second-order valence-electron chi connectivity index (χ2n) is 5.10. The first kappa shape index (κ1) is 16.0. The fraction of sp³-hybridized carbons (Fsp3) is 0.111. The molecule has 1 aromatic heterocycles. The Balaban J connectivity index is 1.51. The van der Waals surface area contributed by atoms with Crippen LogP contribution in [0.2, 0.25) is 0 Å². The second kappa shape index (κ2) is 8.12. The Morgan fingerprint density at radius 3 is 2.83 bits per heavy atom.